The highest BCUT2D eigenvalue weighted by molar-refractivity contribution is 7.18. The van der Waals surface area contributed by atoms with Crippen LogP contribution in [0.1, 0.15) is 16.6 Å². The molecule has 0 aliphatic carbocycles. The van der Waals surface area contributed by atoms with Gasteiger partial charge in [-0.2, -0.15) is 5.10 Å². The second-order valence-corrected chi connectivity index (χ2v) is 5.15. The summed E-state index contributed by atoms with van der Waals surface area (Å²) in [6, 6.07) is 4.26. The molecule has 0 fully saturated rings. The lowest BCUT2D eigenvalue weighted by molar-refractivity contribution is 0.629. The van der Waals surface area contributed by atoms with E-state index in [2.05, 4.69) is 10.1 Å². The van der Waals surface area contributed by atoms with Crippen LogP contribution < -0.4 is 5.73 Å². The highest BCUT2D eigenvalue weighted by atomic mass is 32.1. The summed E-state index contributed by atoms with van der Waals surface area (Å²) >= 11 is 1.48. The van der Waals surface area contributed by atoms with Crippen molar-refractivity contribution in [1.82, 2.24) is 14.8 Å². The minimum atomic E-state index is -0.320. The third-order valence-corrected chi connectivity index (χ3v) is 3.84. The second-order valence-electron chi connectivity index (χ2n) is 4.09. The summed E-state index contributed by atoms with van der Waals surface area (Å²) in [5.41, 5.74) is 7.68. The largest absolute Gasteiger partial charge is 0.318 e. The standard InChI is InChI=1S/C12H11FN4S/c1-17-6-7(5-15-17)11(14)12-16-9-4-8(13)2-3-10(9)18-12/h2-6,11H,14H2,1H3. The molecule has 92 valence electrons. The van der Waals surface area contributed by atoms with E-state index in [4.69, 9.17) is 5.73 Å². The topological polar surface area (TPSA) is 56.7 Å². The zero-order valence-corrected chi connectivity index (χ0v) is 10.5. The molecule has 0 aliphatic rings. The van der Waals surface area contributed by atoms with E-state index in [9.17, 15) is 4.39 Å². The van der Waals surface area contributed by atoms with E-state index in [0.717, 1.165) is 15.3 Å². The van der Waals surface area contributed by atoms with Crippen molar-refractivity contribution in [2.75, 3.05) is 0 Å². The minimum absolute atomic E-state index is 0.283. The summed E-state index contributed by atoms with van der Waals surface area (Å²) < 4.78 is 15.7. The maximum absolute atomic E-state index is 13.1. The molecule has 1 unspecified atom stereocenters. The second kappa shape index (κ2) is 4.15. The fourth-order valence-electron chi connectivity index (χ4n) is 1.79. The van der Waals surface area contributed by atoms with Crippen molar-refractivity contribution in [3.05, 3.63) is 47.0 Å². The van der Waals surface area contributed by atoms with Gasteiger partial charge in [-0.15, -0.1) is 11.3 Å². The van der Waals surface area contributed by atoms with Crippen LogP contribution in [0.4, 0.5) is 4.39 Å². The molecule has 2 N–H and O–H groups in total. The van der Waals surface area contributed by atoms with Crippen molar-refractivity contribution in [3.63, 3.8) is 0 Å². The number of thiazole rings is 1. The van der Waals surface area contributed by atoms with Gasteiger partial charge in [-0.05, 0) is 12.1 Å². The first kappa shape index (κ1) is 11.3. The lowest BCUT2D eigenvalue weighted by atomic mass is 10.2. The maximum atomic E-state index is 13.1. The molecule has 2 heterocycles. The third kappa shape index (κ3) is 1.89. The van der Waals surface area contributed by atoms with Gasteiger partial charge in [0, 0.05) is 24.9 Å². The van der Waals surface area contributed by atoms with Crippen molar-refractivity contribution in [2.45, 2.75) is 6.04 Å². The van der Waals surface area contributed by atoms with Crippen LogP contribution in [0.2, 0.25) is 0 Å². The van der Waals surface area contributed by atoms with Crippen molar-refractivity contribution >= 4 is 21.6 Å². The zero-order valence-electron chi connectivity index (χ0n) is 9.67. The highest BCUT2D eigenvalue weighted by Crippen LogP contribution is 2.28. The maximum Gasteiger partial charge on any atom is 0.125 e. The Morgan fingerprint density at radius 1 is 1.44 bits per heavy atom. The number of nitrogens with zero attached hydrogens (tertiary/aromatic N) is 3. The SMILES string of the molecule is Cn1cc(C(N)c2nc3cc(F)ccc3s2)cn1. The monoisotopic (exact) mass is 262 g/mol. The Labute approximate surface area is 107 Å². The average molecular weight is 262 g/mol. The van der Waals surface area contributed by atoms with Crippen molar-refractivity contribution in [3.8, 4) is 0 Å². The summed E-state index contributed by atoms with van der Waals surface area (Å²) in [7, 11) is 1.84. The lowest BCUT2D eigenvalue weighted by Gasteiger charge is -2.03. The molecule has 0 radical (unpaired) electrons. The number of rotatable bonds is 2. The number of hydrogen-bond acceptors (Lipinski definition) is 4. The highest BCUT2D eigenvalue weighted by Gasteiger charge is 2.15. The number of aromatic nitrogens is 3. The van der Waals surface area contributed by atoms with Crippen LogP contribution in [0, 0.1) is 5.82 Å². The van der Waals surface area contributed by atoms with E-state index < -0.39 is 0 Å². The number of nitrogens with two attached hydrogens (primary N) is 1. The lowest BCUT2D eigenvalue weighted by Crippen LogP contribution is -2.10. The first-order valence-corrected chi connectivity index (χ1v) is 6.25. The normalized spacial score (nSPS) is 13.1. The van der Waals surface area contributed by atoms with Gasteiger partial charge in [-0.25, -0.2) is 9.37 Å². The first-order valence-electron chi connectivity index (χ1n) is 5.43. The molecular weight excluding hydrogens is 251 g/mol. The summed E-state index contributed by atoms with van der Waals surface area (Å²) in [4.78, 5) is 4.38. The fraction of sp³-hybridized carbons (Fsp3) is 0.167. The Morgan fingerprint density at radius 3 is 3.00 bits per heavy atom. The van der Waals surface area contributed by atoms with Gasteiger partial charge in [0.15, 0.2) is 0 Å². The molecule has 4 nitrogen and oxygen atoms in total. The molecule has 0 spiro atoms. The van der Waals surface area contributed by atoms with E-state index >= 15 is 0 Å². The average Bonchev–Trinajstić information content (AvgIpc) is 2.93. The van der Waals surface area contributed by atoms with Crippen LogP contribution in [0.25, 0.3) is 10.2 Å². The van der Waals surface area contributed by atoms with Crippen molar-refractivity contribution in [1.29, 1.82) is 0 Å². The third-order valence-electron chi connectivity index (χ3n) is 2.72. The minimum Gasteiger partial charge on any atom is -0.318 e. The number of benzene rings is 1. The smallest absolute Gasteiger partial charge is 0.125 e. The Hall–Kier alpha value is -1.79. The van der Waals surface area contributed by atoms with Gasteiger partial charge in [0.25, 0.3) is 0 Å². The van der Waals surface area contributed by atoms with Gasteiger partial charge in [0.1, 0.15) is 10.8 Å². The number of fused-ring (bicyclic) bond motifs is 1. The van der Waals surface area contributed by atoms with Gasteiger partial charge < -0.3 is 5.73 Å². The van der Waals surface area contributed by atoms with Crippen LogP contribution in [0.15, 0.2) is 30.6 Å². The molecule has 6 heteroatoms. The van der Waals surface area contributed by atoms with E-state index in [0.29, 0.717) is 5.52 Å². The predicted octanol–water partition coefficient (Wildman–Crippen LogP) is 2.22. The predicted molar refractivity (Wildman–Crippen MR) is 68.8 cm³/mol. The molecule has 0 saturated heterocycles. The van der Waals surface area contributed by atoms with Crippen molar-refractivity contribution < 1.29 is 4.39 Å². The Bertz CT molecular complexity index is 703. The van der Waals surface area contributed by atoms with E-state index in [1.807, 2.05) is 13.2 Å². The Kier molecular flexibility index (Phi) is 2.61. The molecule has 3 aromatic rings. The fourth-order valence-corrected chi connectivity index (χ4v) is 2.77. The van der Waals surface area contributed by atoms with E-state index in [1.165, 1.54) is 23.5 Å². The van der Waals surface area contributed by atoms with Gasteiger partial charge >= 0.3 is 0 Å². The van der Waals surface area contributed by atoms with Gasteiger partial charge in [-0.3, -0.25) is 4.68 Å². The van der Waals surface area contributed by atoms with Crippen LogP contribution in [-0.4, -0.2) is 14.8 Å². The van der Waals surface area contributed by atoms with Crippen molar-refractivity contribution in [2.24, 2.45) is 12.8 Å². The quantitative estimate of drug-likeness (QED) is 0.770. The van der Waals surface area contributed by atoms with Crippen LogP contribution >= 0.6 is 11.3 Å². The van der Waals surface area contributed by atoms with Gasteiger partial charge in [0.2, 0.25) is 0 Å². The van der Waals surface area contributed by atoms with Gasteiger partial charge in [0.05, 0.1) is 22.5 Å². The molecule has 18 heavy (non-hydrogen) atoms. The summed E-state index contributed by atoms with van der Waals surface area (Å²) in [5, 5.41) is 4.85. The Balaban J connectivity index is 2.03. The molecule has 0 bridgehead atoms. The number of hydrogen-bond donors (Lipinski definition) is 1. The van der Waals surface area contributed by atoms with Crippen LogP contribution in [0.3, 0.4) is 0 Å². The summed E-state index contributed by atoms with van der Waals surface area (Å²) in [6.07, 6.45) is 3.58. The Morgan fingerprint density at radius 2 is 2.28 bits per heavy atom. The number of halogens is 1. The molecule has 0 amide bonds. The molecular formula is C12H11FN4S. The molecule has 1 atom stereocenters. The zero-order chi connectivity index (χ0) is 12.7. The summed E-state index contributed by atoms with van der Waals surface area (Å²) in [6.45, 7) is 0. The molecule has 2 aromatic heterocycles. The molecule has 3 rings (SSSR count). The molecule has 0 saturated carbocycles. The van der Waals surface area contributed by atoms with E-state index in [-0.39, 0.29) is 11.9 Å². The number of aryl methyl sites for hydroxylation is 1. The van der Waals surface area contributed by atoms with Crippen LogP contribution in [-0.2, 0) is 7.05 Å². The summed E-state index contributed by atoms with van der Waals surface area (Å²) in [5.74, 6) is -0.283. The van der Waals surface area contributed by atoms with E-state index in [1.54, 1.807) is 16.9 Å². The van der Waals surface area contributed by atoms with Crippen LogP contribution in [0.5, 0.6) is 0 Å². The first-order chi connectivity index (χ1) is 8.63. The van der Waals surface area contributed by atoms with Gasteiger partial charge in [-0.1, -0.05) is 0 Å². The molecule has 1 aromatic carbocycles. The molecule has 0 aliphatic heterocycles.